The Labute approximate surface area is 123 Å². The van der Waals surface area contributed by atoms with Crippen LogP contribution < -0.4 is 5.32 Å². The summed E-state index contributed by atoms with van der Waals surface area (Å²) in [5.41, 5.74) is 1.86. The highest BCUT2D eigenvalue weighted by molar-refractivity contribution is 8.13. The van der Waals surface area contributed by atoms with Crippen LogP contribution >= 0.6 is 10.7 Å². The van der Waals surface area contributed by atoms with Gasteiger partial charge in [-0.2, -0.15) is 0 Å². The molecule has 1 aromatic carbocycles. The zero-order chi connectivity index (χ0) is 15.5. The number of carbonyl (C=O) groups excluding carboxylic acids is 1. The van der Waals surface area contributed by atoms with Crippen molar-refractivity contribution in [2.24, 2.45) is 0 Å². The number of anilines is 1. The highest BCUT2D eigenvalue weighted by atomic mass is 35.7. The molecule has 0 aliphatic carbocycles. The lowest BCUT2D eigenvalue weighted by Gasteiger charge is -2.17. The Hall–Kier alpha value is -1.27. The molecule has 0 saturated heterocycles. The minimum absolute atomic E-state index is 0.0176. The molecule has 0 fully saturated rings. The monoisotopic (exact) mass is 319 g/mol. The fourth-order valence-corrected chi connectivity index (χ4v) is 2.67. The van der Waals surface area contributed by atoms with Crippen LogP contribution in [-0.2, 0) is 13.8 Å². The summed E-state index contributed by atoms with van der Waals surface area (Å²) in [5, 5.41) is 2.64. The van der Waals surface area contributed by atoms with E-state index in [2.05, 4.69) is 5.32 Å². The number of carbonyl (C=O) groups is 1. The first kappa shape index (κ1) is 16.8. The molecule has 112 valence electrons. The van der Waals surface area contributed by atoms with Crippen molar-refractivity contribution in [3.05, 3.63) is 23.3 Å². The number of hydrogen-bond donors (Lipinski definition) is 1. The molecule has 1 amide bonds. The van der Waals surface area contributed by atoms with Crippen LogP contribution in [0, 0.1) is 6.92 Å². The van der Waals surface area contributed by atoms with E-state index in [-0.39, 0.29) is 17.4 Å². The van der Waals surface area contributed by atoms with E-state index in [1.165, 1.54) is 12.1 Å². The van der Waals surface area contributed by atoms with Gasteiger partial charge in [-0.05, 0) is 43.0 Å². The normalized spacial score (nSPS) is 11.5. The van der Waals surface area contributed by atoms with Gasteiger partial charge in [-0.25, -0.2) is 13.2 Å². The Bertz CT molecular complexity index is 611. The van der Waals surface area contributed by atoms with E-state index in [1.807, 2.05) is 13.8 Å². The molecule has 0 atom stereocenters. The van der Waals surface area contributed by atoms with Gasteiger partial charge in [0, 0.05) is 10.7 Å². The molecule has 0 heterocycles. The minimum Gasteiger partial charge on any atom is -0.450 e. The molecule has 0 aromatic heterocycles. The van der Waals surface area contributed by atoms with Gasteiger partial charge in [0.25, 0.3) is 9.05 Å². The van der Waals surface area contributed by atoms with Crippen LogP contribution in [-0.4, -0.2) is 21.1 Å². The molecule has 5 nitrogen and oxygen atoms in total. The zero-order valence-electron chi connectivity index (χ0n) is 11.9. The van der Waals surface area contributed by atoms with Crippen molar-refractivity contribution in [2.45, 2.75) is 38.5 Å². The molecule has 1 N–H and O–H groups in total. The van der Waals surface area contributed by atoms with Crippen LogP contribution in [0.4, 0.5) is 10.5 Å². The molecule has 0 aliphatic rings. The lowest BCUT2D eigenvalue weighted by Crippen LogP contribution is -2.16. The average Bonchev–Trinajstić information content (AvgIpc) is 2.30. The maximum Gasteiger partial charge on any atom is 0.411 e. The van der Waals surface area contributed by atoms with Crippen molar-refractivity contribution in [1.82, 2.24) is 0 Å². The molecule has 0 spiro atoms. The predicted octanol–water partition coefficient (Wildman–Crippen LogP) is 3.61. The standard InChI is InChI=1S/C13H18ClNO4S/c1-5-19-13(16)15-12-9(4)6-10(20(14,17)18)7-11(12)8(2)3/h6-8H,5H2,1-4H3,(H,15,16). The molecule has 20 heavy (non-hydrogen) atoms. The van der Waals surface area contributed by atoms with E-state index in [0.29, 0.717) is 16.8 Å². The molecular weight excluding hydrogens is 302 g/mol. The van der Waals surface area contributed by atoms with Crippen molar-refractivity contribution in [2.75, 3.05) is 11.9 Å². The second-order valence-corrected chi connectivity index (χ2v) is 7.21. The number of benzene rings is 1. The molecule has 0 radical (unpaired) electrons. The molecule has 1 aromatic rings. The van der Waals surface area contributed by atoms with Gasteiger partial charge in [-0.15, -0.1) is 0 Å². The maximum absolute atomic E-state index is 11.5. The minimum atomic E-state index is -3.81. The Kier molecular flexibility index (Phi) is 5.42. The van der Waals surface area contributed by atoms with Crippen LogP contribution in [0.3, 0.4) is 0 Å². The molecule has 0 aliphatic heterocycles. The average molecular weight is 320 g/mol. The fraction of sp³-hybridized carbons (Fsp3) is 0.462. The number of ether oxygens (including phenoxy) is 1. The third-order valence-corrected chi connectivity index (χ3v) is 4.08. The summed E-state index contributed by atoms with van der Waals surface area (Å²) < 4.78 is 27.7. The van der Waals surface area contributed by atoms with Crippen molar-refractivity contribution in [3.63, 3.8) is 0 Å². The second kappa shape index (κ2) is 6.45. The maximum atomic E-state index is 11.5. The Morgan fingerprint density at radius 2 is 2.00 bits per heavy atom. The first-order valence-electron chi connectivity index (χ1n) is 6.19. The first-order valence-corrected chi connectivity index (χ1v) is 8.50. The number of halogens is 1. The summed E-state index contributed by atoms with van der Waals surface area (Å²) in [6, 6.07) is 2.90. The molecular formula is C13H18ClNO4S. The van der Waals surface area contributed by atoms with Crippen LogP contribution in [0.15, 0.2) is 17.0 Å². The van der Waals surface area contributed by atoms with E-state index < -0.39 is 15.1 Å². The number of nitrogens with one attached hydrogen (secondary N) is 1. The Morgan fingerprint density at radius 1 is 1.40 bits per heavy atom. The van der Waals surface area contributed by atoms with Gasteiger partial charge < -0.3 is 4.74 Å². The van der Waals surface area contributed by atoms with Crippen LogP contribution in [0.2, 0.25) is 0 Å². The summed E-state index contributed by atoms with van der Waals surface area (Å²) in [6.45, 7) is 7.47. The molecule has 0 bridgehead atoms. The fourth-order valence-electron chi connectivity index (χ4n) is 1.82. The highest BCUT2D eigenvalue weighted by Gasteiger charge is 2.19. The molecule has 7 heteroatoms. The first-order chi connectivity index (χ1) is 9.16. The van der Waals surface area contributed by atoms with Crippen molar-refractivity contribution < 1.29 is 17.9 Å². The van der Waals surface area contributed by atoms with Gasteiger partial charge in [0.15, 0.2) is 0 Å². The second-order valence-electron chi connectivity index (χ2n) is 4.64. The number of aryl methyl sites for hydroxylation is 1. The smallest absolute Gasteiger partial charge is 0.411 e. The van der Waals surface area contributed by atoms with E-state index in [1.54, 1.807) is 13.8 Å². The summed E-state index contributed by atoms with van der Waals surface area (Å²) in [5.74, 6) is 0.0176. The molecule has 0 saturated carbocycles. The van der Waals surface area contributed by atoms with Crippen LogP contribution in [0.1, 0.15) is 37.8 Å². The van der Waals surface area contributed by atoms with Crippen LogP contribution in [0.5, 0.6) is 0 Å². The van der Waals surface area contributed by atoms with E-state index in [0.717, 1.165) is 0 Å². The molecule has 0 unspecified atom stereocenters. The predicted molar refractivity (Wildman–Crippen MR) is 79.0 cm³/mol. The van der Waals surface area contributed by atoms with Crippen molar-refractivity contribution >= 4 is 31.5 Å². The van der Waals surface area contributed by atoms with Gasteiger partial charge in [0.1, 0.15) is 0 Å². The zero-order valence-corrected chi connectivity index (χ0v) is 13.4. The lowest BCUT2D eigenvalue weighted by atomic mass is 9.98. The molecule has 1 rings (SSSR count). The summed E-state index contributed by atoms with van der Waals surface area (Å²) in [6.07, 6.45) is -0.570. The van der Waals surface area contributed by atoms with Crippen molar-refractivity contribution in [3.8, 4) is 0 Å². The topological polar surface area (TPSA) is 72.5 Å². The summed E-state index contributed by atoms with van der Waals surface area (Å²) >= 11 is 0. The summed E-state index contributed by atoms with van der Waals surface area (Å²) in [4.78, 5) is 11.6. The van der Waals surface area contributed by atoms with Crippen LogP contribution in [0.25, 0.3) is 0 Å². The quantitative estimate of drug-likeness (QED) is 0.860. The van der Waals surface area contributed by atoms with E-state index in [4.69, 9.17) is 15.4 Å². The highest BCUT2D eigenvalue weighted by Crippen LogP contribution is 2.32. The van der Waals surface area contributed by atoms with Gasteiger partial charge in [0.2, 0.25) is 0 Å². The lowest BCUT2D eigenvalue weighted by molar-refractivity contribution is 0.168. The van der Waals surface area contributed by atoms with Gasteiger partial charge in [-0.1, -0.05) is 13.8 Å². The SMILES string of the molecule is CCOC(=O)Nc1c(C)cc(S(=O)(=O)Cl)cc1C(C)C. The Balaban J connectivity index is 3.34. The third-order valence-electron chi connectivity index (χ3n) is 2.75. The number of amides is 1. The van der Waals surface area contributed by atoms with E-state index >= 15 is 0 Å². The van der Waals surface area contributed by atoms with Gasteiger partial charge >= 0.3 is 6.09 Å². The van der Waals surface area contributed by atoms with E-state index in [9.17, 15) is 13.2 Å². The largest absolute Gasteiger partial charge is 0.450 e. The Morgan fingerprint density at radius 3 is 2.45 bits per heavy atom. The number of hydrogen-bond acceptors (Lipinski definition) is 4. The summed E-state index contributed by atoms with van der Waals surface area (Å²) in [7, 11) is 1.57. The van der Waals surface area contributed by atoms with Gasteiger partial charge in [-0.3, -0.25) is 5.32 Å². The van der Waals surface area contributed by atoms with Gasteiger partial charge in [0.05, 0.1) is 17.2 Å². The van der Waals surface area contributed by atoms with Crippen molar-refractivity contribution in [1.29, 1.82) is 0 Å². The third kappa shape index (κ3) is 4.11. The number of rotatable bonds is 4.